The average Bonchev–Trinajstić information content (AvgIpc) is 3.17. The minimum absolute atomic E-state index is 0.261. The second-order valence-electron chi connectivity index (χ2n) is 7.23. The van der Waals surface area contributed by atoms with Crippen LogP contribution in [-0.2, 0) is 17.6 Å². The fourth-order valence-electron chi connectivity index (χ4n) is 3.72. The molecule has 31 heavy (non-hydrogen) atoms. The Morgan fingerprint density at radius 2 is 1.58 bits per heavy atom. The Labute approximate surface area is 184 Å². The molecule has 2 aromatic carbocycles. The van der Waals surface area contributed by atoms with Gasteiger partial charge in [0.2, 0.25) is 0 Å². The Morgan fingerprint density at radius 1 is 0.871 bits per heavy atom. The first-order chi connectivity index (χ1) is 15.1. The number of fused-ring (bicyclic) bond motifs is 1. The summed E-state index contributed by atoms with van der Waals surface area (Å²) in [5.74, 6) is -1.14. The van der Waals surface area contributed by atoms with Gasteiger partial charge in [0.15, 0.2) is 0 Å². The Kier molecular flexibility index (Phi) is 6.13. The van der Waals surface area contributed by atoms with Gasteiger partial charge in [-0.2, -0.15) is 0 Å². The smallest absolute Gasteiger partial charge is 0.339 e. The van der Waals surface area contributed by atoms with Crippen LogP contribution in [0, 0.1) is 0 Å². The van der Waals surface area contributed by atoms with Crippen molar-refractivity contribution >= 4 is 39.8 Å². The average molecular weight is 435 g/mol. The van der Waals surface area contributed by atoms with E-state index in [0.717, 1.165) is 36.1 Å². The number of esters is 1. The van der Waals surface area contributed by atoms with E-state index < -0.39 is 5.97 Å². The van der Waals surface area contributed by atoms with Gasteiger partial charge in [-0.1, -0.05) is 30.3 Å². The Morgan fingerprint density at radius 3 is 2.35 bits per heavy atom. The number of ether oxygens (including phenoxy) is 1. The normalized spacial score (nSPS) is 12.5. The summed E-state index contributed by atoms with van der Waals surface area (Å²) in [7, 11) is 1.30. The summed E-state index contributed by atoms with van der Waals surface area (Å²) in [5, 5.41) is 6.31. The Balaban J connectivity index is 1.67. The van der Waals surface area contributed by atoms with Gasteiger partial charge < -0.3 is 15.4 Å². The molecule has 6 nitrogen and oxygen atoms in total. The molecule has 1 aliphatic carbocycles. The van der Waals surface area contributed by atoms with E-state index in [-0.39, 0.29) is 17.4 Å². The highest BCUT2D eigenvalue weighted by Gasteiger charge is 2.27. The van der Waals surface area contributed by atoms with Crippen molar-refractivity contribution in [1.82, 2.24) is 0 Å². The zero-order valence-electron chi connectivity index (χ0n) is 17.1. The van der Waals surface area contributed by atoms with E-state index in [2.05, 4.69) is 10.6 Å². The molecule has 1 heterocycles. The quantitative estimate of drug-likeness (QED) is 0.559. The highest BCUT2D eigenvalue weighted by Crippen LogP contribution is 2.39. The first kappa shape index (κ1) is 20.8. The van der Waals surface area contributed by atoms with Crippen molar-refractivity contribution in [1.29, 1.82) is 0 Å². The molecule has 0 fully saturated rings. The molecule has 0 spiro atoms. The molecule has 0 radical (unpaired) electrons. The van der Waals surface area contributed by atoms with E-state index >= 15 is 0 Å². The molecule has 4 rings (SSSR count). The molecule has 2 N–H and O–H groups in total. The molecule has 0 atom stereocenters. The third-order valence-corrected chi connectivity index (χ3v) is 6.45. The predicted octanol–water partition coefficient (Wildman–Crippen LogP) is 4.92. The highest BCUT2D eigenvalue weighted by molar-refractivity contribution is 7.17. The summed E-state index contributed by atoms with van der Waals surface area (Å²) in [6.45, 7) is 0. The van der Waals surface area contributed by atoms with Crippen LogP contribution in [0.2, 0.25) is 0 Å². The van der Waals surface area contributed by atoms with Gasteiger partial charge in [-0.3, -0.25) is 9.59 Å². The van der Waals surface area contributed by atoms with Crippen molar-refractivity contribution in [2.45, 2.75) is 25.7 Å². The van der Waals surface area contributed by atoms with Crippen LogP contribution in [0.5, 0.6) is 0 Å². The summed E-state index contributed by atoms with van der Waals surface area (Å²) in [4.78, 5) is 39.3. The number of rotatable bonds is 5. The first-order valence-electron chi connectivity index (χ1n) is 10.1. The number of methoxy groups -OCH3 is 1. The van der Waals surface area contributed by atoms with Gasteiger partial charge in [0.1, 0.15) is 5.00 Å². The number of carbonyl (C=O) groups excluding carboxylic acids is 3. The van der Waals surface area contributed by atoms with Crippen LogP contribution in [0.4, 0.5) is 10.7 Å². The molecule has 1 aliphatic rings. The number of nitrogens with one attached hydrogen (secondary N) is 2. The second kappa shape index (κ2) is 9.14. The van der Waals surface area contributed by atoms with Gasteiger partial charge in [0.05, 0.1) is 23.9 Å². The Bertz CT molecular complexity index is 1140. The maximum absolute atomic E-state index is 13.3. The molecular formula is C24H22N2O4S. The number of aryl methyl sites for hydroxylation is 1. The number of amides is 2. The van der Waals surface area contributed by atoms with E-state index in [0.29, 0.717) is 21.8 Å². The van der Waals surface area contributed by atoms with Crippen molar-refractivity contribution in [3.05, 3.63) is 81.7 Å². The molecule has 0 aliphatic heterocycles. The fraction of sp³-hybridized carbons (Fsp3) is 0.208. The van der Waals surface area contributed by atoms with Crippen molar-refractivity contribution in [3.63, 3.8) is 0 Å². The van der Waals surface area contributed by atoms with Crippen LogP contribution in [0.25, 0.3) is 0 Å². The summed E-state index contributed by atoms with van der Waals surface area (Å²) < 4.78 is 4.82. The zero-order valence-corrected chi connectivity index (χ0v) is 17.9. The summed E-state index contributed by atoms with van der Waals surface area (Å²) in [6, 6.07) is 15.6. The maximum atomic E-state index is 13.3. The molecular weight excluding hydrogens is 412 g/mol. The highest BCUT2D eigenvalue weighted by atomic mass is 32.1. The van der Waals surface area contributed by atoms with Crippen molar-refractivity contribution in [3.8, 4) is 0 Å². The molecule has 1 aromatic heterocycles. The predicted molar refractivity (Wildman–Crippen MR) is 121 cm³/mol. The van der Waals surface area contributed by atoms with Crippen molar-refractivity contribution in [2.75, 3.05) is 17.7 Å². The van der Waals surface area contributed by atoms with Gasteiger partial charge >= 0.3 is 5.97 Å². The van der Waals surface area contributed by atoms with Crippen LogP contribution in [0.3, 0.4) is 0 Å². The maximum Gasteiger partial charge on any atom is 0.339 e. The lowest BCUT2D eigenvalue weighted by Gasteiger charge is -2.14. The van der Waals surface area contributed by atoms with E-state index in [1.165, 1.54) is 18.4 Å². The minimum atomic E-state index is -0.527. The molecule has 2 amide bonds. The number of anilines is 2. The zero-order chi connectivity index (χ0) is 21.8. The van der Waals surface area contributed by atoms with Crippen LogP contribution < -0.4 is 10.6 Å². The Hall–Kier alpha value is -3.45. The first-order valence-corrected chi connectivity index (χ1v) is 10.9. The van der Waals surface area contributed by atoms with E-state index in [4.69, 9.17) is 4.74 Å². The molecule has 3 aromatic rings. The third kappa shape index (κ3) is 4.36. The van der Waals surface area contributed by atoms with Crippen molar-refractivity contribution in [2.24, 2.45) is 0 Å². The standard InChI is InChI=1S/C24H22N2O4S/c1-30-24(29)16-11-5-7-13-18(16)25-22(28)20-17-12-6-8-14-19(17)31-23(20)26-21(27)15-9-3-2-4-10-15/h2-5,7,9-11,13H,6,8,12,14H2,1H3,(H,25,28)(H,26,27). The number of para-hydroxylation sites is 1. The van der Waals surface area contributed by atoms with E-state index in [9.17, 15) is 14.4 Å². The topological polar surface area (TPSA) is 84.5 Å². The molecule has 0 unspecified atom stereocenters. The minimum Gasteiger partial charge on any atom is -0.465 e. The number of thiophene rings is 1. The SMILES string of the molecule is COC(=O)c1ccccc1NC(=O)c1c(NC(=O)c2ccccc2)sc2c1CCCC2. The molecule has 0 saturated heterocycles. The fourth-order valence-corrected chi connectivity index (χ4v) is 5.01. The van der Waals surface area contributed by atoms with Crippen LogP contribution in [-0.4, -0.2) is 24.9 Å². The van der Waals surface area contributed by atoms with Crippen LogP contribution >= 0.6 is 11.3 Å². The summed E-state index contributed by atoms with van der Waals surface area (Å²) in [6.07, 6.45) is 3.73. The van der Waals surface area contributed by atoms with Gasteiger partial charge in [-0.05, 0) is 55.5 Å². The molecule has 0 bridgehead atoms. The van der Waals surface area contributed by atoms with Gasteiger partial charge in [0.25, 0.3) is 11.8 Å². The number of hydrogen-bond acceptors (Lipinski definition) is 5. The van der Waals surface area contributed by atoms with E-state index in [1.54, 1.807) is 48.5 Å². The second-order valence-corrected chi connectivity index (χ2v) is 8.33. The van der Waals surface area contributed by atoms with Gasteiger partial charge in [-0.25, -0.2) is 4.79 Å². The number of carbonyl (C=O) groups is 3. The van der Waals surface area contributed by atoms with Gasteiger partial charge in [-0.15, -0.1) is 11.3 Å². The van der Waals surface area contributed by atoms with E-state index in [1.807, 2.05) is 6.07 Å². The lowest BCUT2D eigenvalue weighted by atomic mass is 9.95. The number of hydrogen-bond donors (Lipinski definition) is 2. The molecule has 158 valence electrons. The number of benzene rings is 2. The summed E-state index contributed by atoms with van der Waals surface area (Å²) >= 11 is 1.45. The van der Waals surface area contributed by atoms with Crippen LogP contribution in [0.1, 0.15) is 54.4 Å². The third-order valence-electron chi connectivity index (χ3n) is 5.24. The summed E-state index contributed by atoms with van der Waals surface area (Å²) in [5.41, 5.74) is 2.63. The lowest BCUT2D eigenvalue weighted by Crippen LogP contribution is -2.20. The monoisotopic (exact) mass is 434 g/mol. The molecule has 7 heteroatoms. The lowest BCUT2D eigenvalue weighted by molar-refractivity contribution is 0.0601. The van der Waals surface area contributed by atoms with Crippen LogP contribution in [0.15, 0.2) is 54.6 Å². The van der Waals surface area contributed by atoms with Crippen molar-refractivity contribution < 1.29 is 19.1 Å². The largest absolute Gasteiger partial charge is 0.465 e. The van der Waals surface area contributed by atoms with Gasteiger partial charge in [0, 0.05) is 10.4 Å². The molecule has 0 saturated carbocycles.